The molecular weight excluding hydrogens is 271 g/mol. The maximum absolute atomic E-state index is 13.1. The van der Waals surface area contributed by atoms with Gasteiger partial charge in [-0.05, 0) is 61.7 Å². The quantitative estimate of drug-likeness (QED) is 0.790. The summed E-state index contributed by atoms with van der Waals surface area (Å²) in [6.07, 6.45) is 7.41. The Morgan fingerprint density at radius 3 is 2.05 bits per heavy atom. The van der Waals surface area contributed by atoms with Crippen molar-refractivity contribution in [3.05, 3.63) is 0 Å². The summed E-state index contributed by atoms with van der Waals surface area (Å²) in [5.41, 5.74) is -2.17. The smallest absolute Gasteiger partial charge is 0.299 e. The van der Waals surface area contributed by atoms with Crippen LogP contribution in [0.15, 0.2) is 0 Å². The summed E-state index contributed by atoms with van der Waals surface area (Å²) in [5, 5.41) is 0. The lowest BCUT2D eigenvalue weighted by molar-refractivity contribution is -0.0987. The molecule has 0 aliphatic heterocycles. The second-order valence-electron chi connectivity index (χ2n) is 6.86. The molecule has 0 spiro atoms. The molecule has 1 atom stereocenters. The molecule has 1 N–H and O–H groups in total. The molecule has 4 aliphatic rings. The normalized spacial score (nSPS) is 42.5. The van der Waals surface area contributed by atoms with E-state index in [0.717, 1.165) is 37.0 Å². The molecule has 0 aromatic heterocycles. The van der Waals surface area contributed by atoms with Crippen LogP contribution in [0.4, 0.5) is 4.39 Å². The molecule has 4 fully saturated rings. The molecule has 4 rings (SSSR count). The van der Waals surface area contributed by atoms with Crippen LogP contribution in [-0.2, 0) is 14.9 Å². The fourth-order valence-electron chi connectivity index (χ4n) is 4.92. The topological polar surface area (TPSA) is 63.6 Å². The van der Waals surface area contributed by atoms with Crippen molar-refractivity contribution in [2.75, 3.05) is 13.2 Å². The van der Waals surface area contributed by atoms with Crippen molar-refractivity contribution in [2.24, 2.45) is 23.2 Å². The number of rotatable bonds is 5. The summed E-state index contributed by atoms with van der Waals surface area (Å²) >= 11 is 0. The Labute approximate surface area is 113 Å². The summed E-state index contributed by atoms with van der Waals surface area (Å²) in [6, 6.07) is 0. The zero-order valence-electron chi connectivity index (χ0n) is 10.9. The van der Waals surface area contributed by atoms with Gasteiger partial charge < -0.3 is 4.74 Å². The van der Waals surface area contributed by atoms with E-state index < -0.39 is 22.2 Å². The standard InChI is InChI=1S/C13H21FO4S/c14-12(19(15,16)17)7-18-8-13-4-9-1-10(5-13)3-11(2-9)6-13/h9-12H,1-8H2,(H,15,16,17). The van der Waals surface area contributed by atoms with Crippen molar-refractivity contribution < 1.29 is 22.1 Å². The number of halogens is 1. The van der Waals surface area contributed by atoms with Gasteiger partial charge in [-0.1, -0.05) is 0 Å². The molecule has 4 saturated carbocycles. The van der Waals surface area contributed by atoms with Crippen LogP contribution in [0.1, 0.15) is 38.5 Å². The van der Waals surface area contributed by atoms with E-state index in [-0.39, 0.29) is 5.41 Å². The van der Waals surface area contributed by atoms with Crippen LogP contribution < -0.4 is 0 Å². The summed E-state index contributed by atoms with van der Waals surface area (Å²) < 4.78 is 48.1. The molecule has 110 valence electrons. The highest BCUT2D eigenvalue weighted by molar-refractivity contribution is 7.86. The van der Waals surface area contributed by atoms with Crippen LogP contribution in [0, 0.1) is 23.2 Å². The minimum atomic E-state index is -4.62. The predicted octanol–water partition coefficient (Wildman–Crippen LogP) is 2.40. The van der Waals surface area contributed by atoms with Crippen molar-refractivity contribution in [3.8, 4) is 0 Å². The van der Waals surface area contributed by atoms with Crippen molar-refractivity contribution in [3.63, 3.8) is 0 Å². The first-order valence-electron chi connectivity index (χ1n) is 7.04. The number of alkyl halides is 1. The average Bonchev–Trinajstić information content (AvgIpc) is 2.25. The van der Waals surface area contributed by atoms with Gasteiger partial charge in [0.25, 0.3) is 10.1 Å². The Morgan fingerprint density at radius 2 is 1.63 bits per heavy atom. The molecule has 0 saturated heterocycles. The lowest BCUT2D eigenvalue weighted by Gasteiger charge is -2.56. The molecule has 0 amide bonds. The Kier molecular flexibility index (Phi) is 3.38. The van der Waals surface area contributed by atoms with Crippen LogP contribution in [0.3, 0.4) is 0 Å². The summed E-state index contributed by atoms with van der Waals surface area (Å²) in [6.45, 7) is -0.118. The van der Waals surface area contributed by atoms with Gasteiger partial charge in [0, 0.05) is 0 Å². The minimum Gasteiger partial charge on any atom is -0.377 e. The van der Waals surface area contributed by atoms with Crippen LogP contribution in [-0.4, -0.2) is 31.7 Å². The van der Waals surface area contributed by atoms with Crippen LogP contribution in [0.5, 0.6) is 0 Å². The fraction of sp³-hybridized carbons (Fsp3) is 1.00. The molecule has 0 heterocycles. The molecule has 19 heavy (non-hydrogen) atoms. The van der Waals surface area contributed by atoms with Crippen LogP contribution in [0.2, 0.25) is 0 Å². The molecule has 0 aromatic carbocycles. The Hall–Kier alpha value is -0.200. The van der Waals surface area contributed by atoms with E-state index in [9.17, 15) is 12.8 Å². The first-order chi connectivity index (χ1) is 8.86. The third kappa shape index (κ3) is 2.81. The number of hydrogen-bond acceptors (Lipinski definition) is 3. The van der Waals surface area contributed by atoms with Gasteiger partial charge in [0.1, 0.15) is 0 Å². The van der Waals surface area contributed by atoms with Crippen LogP contribution in [0.25, 0.3) is 0 Å². The molecule has 0 radical (unpaired) electrons. The average molecular weight is 292 g/mol. The Balaban J connectivity index is 1.56. The van der Waals surface area contributed by atoms with E-state index in [4.69, 9.17) is 9.29 Å². The van der Waals surface area contributed by atoms with E-state index in [1.807, 2.05) is 0 Å². The molecule has 4 bridgehead atoms. The Bertz CT molecular complexity index is 412. The van der Waals surface area contributed by atoms with E-state index >= 15 is 0 Å². The molecule has 4 aliphatic carbocycles. The maximum Gasteiger partial charge on any atom is 0.299 e. The van der Waals surface area contributed by atoms with Gasteiger partial charge in [-0.15, -0.1) is 0 Å². The molecule has 0 aromatic rings. The van der Waals surface area contributed by atoms with Gasteiger partial charge in [0.05, 0.1) is 13.2 Å². The summed E-state index contributed by atoms with van der Waals surface area (Å²) in [4.78, 5) is 0. The second kappa shape index (κ2) is 4.67. The van der Waals surface area contributed by atoms with Crippen molar-refractivity contribution in [1.82, 2.24) is 0 Å². The highest BCUT2D eigenvalue weighted by Gasteiger charge is 2.50. The van der Waals surface area contributed by atoms with Crippen molar-refractivity contribution in [2.45, 2.75) is 44.0 Å². The SMILES string of the molecule is O=S(=O)(O)C(F)COCC12CC3CC(CC(C3)C1)C2. The monoisotopic (exact) mass is 292 g/mol. The molecular formula is C13H21FO4S. The number of hydrogen-bond donors (Lipinski definition) is 1. The molecule has 6 heteroatoms. The summed E-state index contributed by atoms with van der Waals surface area (Å²) in [5.74, 6) is 2.37. The van der Waals surface area contributed by atoms with Gasteiger partial charge in [0.15, 0.2) is 0 Å². The second-order valence-corrected chi connectivity index (χ2v) is 8.40. The Morgan fingerprint density at radius 1 is 1.16 bits per heavy atom. The first-order valence-corrected chi connectivity index (χ1v) is 8.55. The van der Waals surface area contributed by atoms with Gasteiger partial charge in [-0.3, -0.25) is 4.55 Å². The lowest BCUT2D eigenvalue weighted by atomic mass is 9.50. The van der Waals surface area contributed by atoms with Gasteiger partial charge in [-0.2, -0.15) is 8.42 Å². The van der Waals surface area contributed by atoms with Gasteiger partial charge in [-0.25, -0.2) is 4.39 Å². The maximum atomic E-state index is 13.1. The fourth-order valence-corrected chi connectivity index (χ4v) is 5.19. The highest BCUT2D eigenvalue weighted by Crippen LogP contribution is 2.60. The van der Waals surface area contributed by atoms with E-state index in [0.29, 0.717) is 6.61 Å². The third-order valence-corrected chi connectivity index (χ3v) is 5.93. The molecule has 4 nitrogen and oxygen atoms in total. The van der Waals surface area contributed by atoms with E-state index in [2.05, 4.69) is 0 Å². The number of ether oxygens (including phenoxy) is 1. The first kappa shape index (κ1) is 13.8. The van der Waals surface area contributed by atoms with Crippen molar-refractivity contribution >= 4 is 10.1 Å². The molecule has 1 unspecified atom stereocenters. The predicted molar refractivity (Wildman–Crippen MR) is 67.9 cm³/mol. The van der Waals surface area contributed by atoms with E-state index in [1.54, 1.807) is 0 Å². The van der Waals surface area contributed by atoms with Gasteiger partial charge in [0.2, 0.25) is 5.50 Å². The highest BCUT2D eigenvalue weighted by atomic mass is 32.2. The minimum absolute atomic E-state index is 0.147. The third-order valence-electron chi connectivity index (χ3n) is 5.15. The lowest BCUT2D eigenvalue weighted by Crippen LogP contribution is -2.48. The zero-order chi connectivity index (χ0) is 13.7. The summed E-state index contributed by atoms with van der Waals surface area (Å²) in [7, 11) is -4.62. The van der Waals surface area contributed by atoms with Gasteiger partial charge >= 0.3 is 0 Å². The van der Waals surface area contributed by atoms with Crippen LogP contribution >= 0.6 is 0 Å². The largest absolute Gasteiger partial charge is 0.377 e. The zero-order valence-corrected chi connectivity index (χ0v) is 11.7. The van der Waals surface area contributed by atoms with Crippen molar-refractivity contribution in [1.29, 1.82) is 0 Å². The van der Waals surface area contributed by atoms with E-state index in [1.165, 1.54) is 19.3 Å².